The average molecular weight is 419 g/mol. The molecule has 0 amide bonds. The van der Waals surface area contributed by atoms with E-state index < -0.39 is 0 Å². The van der Waals surface area contributed by atoms with E-state index in [1.807, 2.05) is 54.6 Å². The molecule has 1 aliphatic rings. The zero-order chi connectivity index (χ0) is 21.3. The molecule has 2 aromatic carbocycles. The van der Waals surface area contributed by atoms with Crippen molar-refractivity contribution in [3.63, 3.8) is 0 Å². The Morgan fingerprint density at radius 2 is 1.42 bits per heavy atom. The molecule has 0 aliphatic carbocycles. The number of rotatable bonds is 9. The molecule has 1 aliphatic heterocycles. The van der Waals surface area contributed by atoms with Crippen LogP contribution in [0.25, 0.3) is 0 Å². The summed E-state index contributed by atoms with van der Waals surface area (Å²) < 4.78 is 12.1. The summed E-state index contributed by atoms with van der Waals surface area (Å²) in [5.41, 5.74) is 3.21. The molecule has 0 bridgehead atoms. The van der Waals surface area contributed by atoms with Gasteiger partial charge in [0.2, 0.25) is 11.8 Å². The molecule has 0 unspecified atom stereocenters. The van der Waals surface area contributed by atoms with Crippen molar-refractivity contribution in [2.45, 2.75) is 32.5 Å². The Morgan fingerprint density at radius 1 is 0.806 bits per heavy atom. The molecular weight excluding hydrogens is 388 g/mol. The van der Waals surface area contributed by atoms with Crippen LogP contribution in [0.1, 0.15) is 30.4 Å². The van der Waals surface area contributed by atoms with Crippen LogP contribution in [0.2, 0.25) is 0 Å². The first-order chi connectivity index (χ1) is 15.3. The molecule has 3 aromatic rings. The lowest BCUT2D eigenvalue weighted by atomic mass is 9.94. The van der Waals surface area contributed by atoms with Crippen molar-refractivity contribution in [2.75, 3.05) is 24.6 Å². The van der Waals surface area contributed by atoms with E-state index in [2.05, 4.69) is 23.1 Å². The summed E-state index contributed by atoms with van der Waals surface area (Å²) in [6.45, 7) is 3.09. The lowest BCUT2D eigenvalue weighted by Crippen LogP contribution is -2.34. The van der Waals surface area contributed by atoms with Gasteiger partial charge in [0.25, 0.3) is 0 Å². The van der Waals surface area contributed by atoms with Crippen LogP contribution in [0.3, 0.4) is 0 Å². The Morgan fingerprint density at radius 3 is 2.03 bits per heavy atom. The van der Waals surface area contributed by atoms with Crippen molar-refractivity contribution < 1.29 is 14.6 Å². The largest absolute Gasteiger partial charge is 0.473 e. The summed E-state index contributed by atoms with van der Waals surface area (Å²) in [6.07, 6.45) is 3.03. The van der Waals surface area contributed by atoms with E-state index in [0.29, 0.717) is 30.9 Å². The number of aliphatic hydroxyl groups excluding tert-OH is 1. The average Bonchev–Trinajstić information content (AvgIpc) is 2.84. The van der Waals surface area contributed by atoms with Crippen LogP contribution in [0.5, 0.6) is 11.8 Å². The fourth-order valence-corrected chi connectivity index (χ4v) is 3.95. The number of aromatic nitrogens is 1. The smallest absolute Gasteiger partial charge is 0.241 e. The van der Waals surface area contributed by atoms with Gasteiger partial charge in [-0.3, -0.25) is 0 Å². The first kappa shape index (κ1) is 21.2. The number of hydrogen-bond donors (Lipinski definition) is 1. The zero-order valence-corrected chi connectivity index (χ0v) is 17.8. The maximum atomic E-state index is 9.23. The van der Waals surface area contributed by atoms with E-state index >= 15 is 0 Å². The Bertz CT molecular complexity index is 926. The van der Waals surface area contributed by atoms with Crippen LogP contribution >= 0.6 is 0 Å². The second kappa shape index (κ2) is 10.8. The quantitative estimate of drug-likeness (QED) is 0.539. The van der Waals surface area contributed by atoms with Crippen LogP contribution in [0, 0.1) is 5.92 Å². The lowest BCUT2D eigenvalue weighted by Gasteiger charge is -2.34. The topological polar surface area (TPSA) is 54.8 Å². The summed E-state index contributed by atoms with van der Waals surface area (Å²) in [6, 6.07) is 24.2. The van der Waals surface area contributed by atoms with Gasteiger partial charge in [-0.15, -0.1) is 0 Å². The first-order valence-corrected chi connectivity index (χ1v) is 11.0. The predicted octanol–water partition coefficient (Wildman–Crippen LogP) is 4.84. The third-order valence-electron chi connectivity index (χ3n) is 5.76. The molecule has 1 saturated heterocycles. The zero-order valence-electron chi connectivity index (χ0n) is 17.8. The fraction of sp³-hybridized carbons (Fsp3) is 0.346. The highest BCUT2D eigenvalue weighted by Gasteiger charge is 2.22. The summed E-state index contributed by atoms with van der Waals surface area (Å²) >= 11 is 0. The van der Waals surface area contributed by atoms with E-state index in [9.17, 15) is 5.11 Å². The molecule has 1 fully saturated rings. The molecule has 1 aromatic heterocycles. The van der Waals surface area contributed by atoms with Gasteiger partial charge in [-0.05, 0) is 42.4 Å². The third kappa shape index (κ3) is 5.98. The van der Waals surface area contributed by atoms with Crippen molar-refractivity contribution in [2.24, 2.45) is 5.92 Å². The second-order valence-corrected chi connectivity index (χ2v) is 7.97. The molecular formula is C26H30N2O3. The standard InChI is InChI=1S/C26H30N2O3/c29-18-15-21-13-16-28(17-14-21)24-11-12-25(30-19-22-7-3-1-4-8-22)27-26(24)31-20-23-9-5-2-6-10-23/h1-12,21,29H,13-20H2. The second-order valence-electron chi connectivity index (χ2n) is 7.97. The fourth-order valence-electron chi connectivity index (χ4n) is 3.95. The number of nitrogens with zero attached hydrogens (tertiary/aromatic N) is 2. The van der Waals surface area contributed by atoms with Crippen LogP contribution in [0.15, 0.2) is 72.8 Å². The Balaban J connectivity index is 1.48. The van der Waals surface area contributed by atoms with Crippen LogP contribution in [-0.2, 0) is 13.2 Å². The minimum atomic E-state index is 0.269. The van der Waals surface area contributed by atoms with Gasteiger partial charge in [0.05, 0.1) is 0 Å². The molecule has 1 N–H and O–H groups in total. The van der Waals surface area contributed by atoms with E-state index in [1.54, 1.807) is 0 Å². The highest BCUT2D eigenvalue weighted by Crippen LogP contribution is 2.33. The van der Waals surface area contributed by atoms with Crippen LogP contribution in [0.4, 0.5) is 5.69 Å². The number of piperidine rings is 1. The minimum absolute atomic E-state index is 0.269. The molecule has 0 saturated carbocycles. The van der Waals surface area contributed by atoms with Crippen molar-refractivity contribution >= 4 is 5.69 Å². The number of anilines is 1. The lowest BCUT2D eigenvalue weighted by molar-refractivity contribution is 0.239. The summed E-state index contributed by atoms with van der Waals surface area (Å²) in [4.78, 5) is 7.04. The first-order valence-electron chi connectivity index (χ1n) is 11.0. The summed E-state index contributed by atoms with van der Waals surface area (Å²) in [5, 5.41) is 9.23. The molecule has 5 nitrogen and oxygen atoms in total. The summed E-state index contributed by atoms with van der Waals surface area (Å²) in [5.74, 6) is 1.76. The van der Waals surface area contributed by atoms with Gasteiger partial charge in [0.1, 0.15) is 18.9 Å². The van der Waals surface area contributed by atoms with Crippen molar-refractivity contribution in [3.8, 4) is 11.8 Å². The number of benzene rings is 2. The number of aliphatic hydroxyl groups is 1. The molecule has 0 spiro atoms. The Kier molecular flexibility index (Phi) is 7.40. The van der Waals surface area contributed by atoms with Gasteiger partial charge in [-0.25, -0.2) is 0 Å². The SMILES string of the molecule is OCCC1CCN(c2ccc(OCc3ccccc3)nc2OCc2ccccc2)CC1. The van der Waals surface area contributed by atoms with E-state index in [-0.39, 0.29) is 6.61 Å². The van der Waals surface area contributed by atoms with E-state index in [1.165, 1.54) is 0 Å². The highest BCUT2D eigenvalue weighted by molar-refractivity contribution is 5.56. The van der Waals surface area contributed by atoms with Crippen LogP contribution < -0.4 is 14.4 Å². The van der Waals surface area contributed by atoms with Gasteiger partial charge in [-0.1, -0.05) is 60.7 Å². The maximum absolute atomic E-state index is 9.23. The molecule has 0 atom stereocenters. The normalized spacial score (nSPS) is 14.4. The van der Waals surface area contributed by atoms with Crippen LogP contribution in [-0.4, -0.2) is 29.8 Å². The Labute approximate surface area is 184 Å². The maximum Gasteiger partial charge on any atom is 0.241 e. The molecule has 162 valence electrons. The Hall–Kier alpha value is -3.05. The van der Waals surface area contributed by atoms with Crippen molar-refractivity contribution in [3.05, 3.63) is 83.9 Å². The van der Waals surface area contributed by atoms with Gasteiger partial charge >= 0.3 is 0 Å². The third-order valence-corrected chi connectivity index (χ3v) is 5.76. The van der Waals surface area contributed by atoms with Gasteiger partial charge in [0.15, 0.2) is 0 Å². The van der Waals surface area contributed by atoms with E-state index in [0.717, 1.165) is 49.2 Å². The monoisotopic (exact) mass is 418 g/mol. The van der Waals surface area contributed by atoms with Crippen molar-refractivity contribution in [1.82, 2.24) is 4.98 Å². The number of hydrogen-bond acceptors (Lipinski definition) is 5. The molecule has 4 rings (SSSR count). The van der Waals surface area contributed by atoms with Gasteiger partial charge in [-0.2, -0.15) is 4.98 Å². The molecule has 5 heteroatoms. The number of ether oxygens (including phenoxy) is 2. The molecule has 0 radical (unpaired) electrons. The minimum Gasteiger partial charge on any atom is -0.473 e. The van der Waals surface area contributed by atoms with E-state index in [4.69, 9.17) is 14.5 Å². The van der Waals surface area contributed by atoms with Crippen molar-refractivity contribution in [1.29, 1.82) is 0 Å². The molecule has 2 heterocycles. The summed E-state index contributed by atoms with van der Waals surface area (Å²) in [7, 11) is 0. The van der Waals surface area contributed by atoms with Gasteiger partial charge < -0.3 is 19.5 Å². The highest BCUT2D eigenvalue weighted by atomic mass is 16.5. The van der Waals surface area contributed by atoms with Gasteiger partial charge in [0, 0.05) is 25.8 Å². The molecule has 31 heavy (non-hydrogen) atoms. The predicted molar refractivity (Wildman–Crippen MR) is 122 cm³/mol. The number of pyridine rings is 1.